The van der Waals surface area contributed by atoms with Crippen LogP contribution in [0.1, 0.15) is 0 Å². The minimum atomic E-state index is -0.518. The van der Waals surface area contributed by atoms with Crippen LogP contribution < -0.4 is 5.32 Å². The largest absolute Gasteiger partial charge is 0.394 e. The standard InChI is InChI=1S/C12H20N2O4S2/c1-13-12(17)14(5-4-6-15)11-10(20-3)9(19-2)8(7-16)18-11/h4-6,8-11,16H,7H2,1-3H3,(H,13,17)/b5-4-/t8-,9-,10-,11-/m1/s1. The van der Waals surface area contributed by atoms with Crippen molar-refractivity contribution in [2.45, 2.75) is 22.8 Å². The molecule has 1 fully saturated rings. The minimum Gasteiger partial charge on any atom is -0.394 e. The highest BCUT2D eigenvalue weighted by Gasteiger charge is 2.46. The summed E-state index contributed by atoms with van der Waals surface area (Å²) < 4.78 is 5.81. The van der Waals surface area contributed by atoms with Gasteiger partial charge in [-0.2, -0.15) is 23.5 Å². The number of aliphatic hydroxyl groups excluding tert-OH is 1. The number of ether oxygens (including phenoxy) is 1. The Morgan fingerprint density at radius 3 is 2.50 bits per heavy atom. The first kappa shape index (κ1) is 17.4. The number of allylic oxidation sites excluding steroid dienone is 1. The van der Waals surface area contributed by atoms with E-state index in [0.717, 1.165) is 0 Å². The van der Waals surface area contributed by atoms with Crippen LogP contribution in [0.5, 0.6) is 0 Å². The third kappa shape index (κ3) is 3.69. The Hall–Kier alpha value is -0.700. The van der Waals surface area contributed by atoms with Crippen molar-refractivity contribution in [3.8, 4) is 0 Å². The Labute approximate surface area is 127 Å². The molecule has 0 aromatic carbocycles. The molecule has 0 aromatic heterocycles. The highest BCUT2D eigenvalue weighted by Crippen LogP contribution is 2.38. The summed E-state index contributed by atoms with van der Waals surface area (Å²) in [7, 11) is 1.52. The summed E-state index contributed by atoms with van der Waals surface area (Å²) in [5.41, 5.74) is 0. The second-order valence-corrected chi connectivity index (χ2v) is 6.12. The number of hydrogen-bond donors (Lipinski definition) is 2. The fourth-order valence-corrected chi connectivity index (χ4v) is 4.53. The van der Waals surface area contributed by atoms with E-state index in [1.807, 2.05) is 12.5 Å². The number of nitrogens with one attached hydrogen (secondary N) is 1. The van der Waals surface area contributed by atoms with Crippen molar-refractivity contribution in [2.24, 2.45) is 0 Å². The van der Waals surface area contributed by atoms with E-state index in [0.29, 0.717) is 6.29 Å². The van der Waals surface area contributed by atoms with Crippen LogP contribution in [0.3, 0.4) is 0 Å². The van der Waals surface area contributed by atoms with Gasteiger partial charge in [0.2, 0.25) is 0 Å². The molecule has 8 heteroatoms. The van der Waals surface area contributed by atoms with Crippen LogP contribution in [0.4, 0.5) is 4.79 Å². The van der Waals surface area contributed by atoms with Gasteiger partial charge in [0.15, 0.2) is 6.23 Å². The molecular formula is C12H20N2O4S2. The Morgan fingerprint density at radius 2 is 2.05 bits per heavy atom. The zero-order valence-electron chi connectivity index (χ0n) is 11.7. The third-order valence-corrected chi connectivity index (χ3v) is 5.44. The molecule has 1 saturated heterocycles. The van der Waals surface area contributed by atoms with E-state index >= 15 is 0 Å². The predicted octanol–water partition coefficient (Wildman–Crippen LogP) is 0.521. The van der Waals surface area contributed by atoms with Crippen molar-refractivity contribution in [3.05, 3.63) is 12.3 Å². The maximum Gasteiger partial charge on any atom is 0.323 e. The summed E-state index contributed by atoms with van der Waals surface area (Å²) in [4.78, 5) is 23.8. The molecule has 0 saturated carbocycles. The third-order valence-electron chi connectivity index (χ3n) is 3.06. The molecule has 0 spiro atoms. The van der Waals surface area contributed by atoms with Gasteiger partial charge in [-0.1, -0.05) is 0 Å². The quantitative estimate of drug-likeness (QED) is 0.549. The van der Waals surface area contributed by atoms with E-state index in [1.165, 1.54) is 24.2 Å². The summed E-state index contributed by atoms with van der Waals surface area (Å²) in [5.74, 6) is 0. The molecule has 1 aliphatic heterocycles. The monoisotopic (exact) mass is 320 g/mol. The first-order chi connectivity index (χ1) is 9.64. The first-order valence-electron chi connectivity index (χ1n) is 6.08. The van der Waals surface area contributed by atoms with Crippen molar-refractivity contribution in [1.82, 2.24) is 10.2 Å². The molecule has 0 bridgehead atoms. The molecule has 0 aliphatic carbocycles. The van der Waals surface area contributed by atoms with Crippen LogP contribution in [0.2, 0.25) is 0 Å². The summed E-state index contributed by atoms with van der Waals surface area (Å²) in [6.45, 7) is -0.0992. The maximum absolute atomic E-state index is 11.9. The highest BCUT2D eigenvalue weighted by atomic mass is 32.2. The van der Waals surface area contributed by atoms with Crippen LogP contribution in [0.15, 0.2) is 12.3 Å². The molecule has 114 valence electrons. The molecule has 1 rings (SSSR count). The van der Waals surface area contributed by atoms with Gasteiger partial charge >= 0.3 is 6.03 Å². The van der Waals surface area contributed by atoms with E-state index in [9.17, 15) is 14.7 Å². The lowest BCUT2D eigenvalue weighted by Gasteiger charge is -2.28. The predicted molar refractivity (Wildman–Crippen MR) is 81.9 cm³/mol. The molecule has 2 amide bonds. The Bertz CT molecular complexity index is 367. The number of aliphatic hydroxyl groups is 1. The molecule has 6 nitrogen and oxygen atoms in total. The molecule has 0 unspecified atom stereocenters. The van der Waals surface area contributed by atoms with E-state index in [1.54, 1.807) is 23.5 Å². The van der Waals surface area contributed by atoms with Gasteiger partial charge in [0.1, 0.15) is 6.29 Å². The van der Waals surface area contributed by atoms with Crippen LogP contribution >= 0.6 is 23.5 Å². The lowest BCUT2D eigenvalue weighted by atomic mass is 10.2. The summed E-state index contributed by atoms with van der Waals surface area (Å²) >= 11 is 3.19. The van der Waals surface area contributed by atoms with Gasteiger partial charge in [-0.05, 0) is 18.6 Å². The summed E-state index contributed by atoms with van der Waals surface area (Å²) in [6, 6.07) is -0.356. The second kappa shape index (κ2) is 8.56. The van der Waals surface area contributed by atoms with Gasteiger partial charge in [0.25, 0.3) is 0 Å². The van der Waals surface area contributed by atoms with Crippen LogP contribution in [-0.4, -0.2) is 71.3 Å². The van der Waals surface area contributed by atoms with Crippen molar-refractivity contribution in [2.75, 3.05) is 26.2 Å². The normalized spacial score (nSPS) is 29.6. The number of thioether (sulfide) groups is 2. The average Bonchev–Trinajstić information content (AvgIpc) is 2.84. The van der Waals surface area contributed by atoms with Crippen LogP contribution in [0.25, 0.3) is 0 Å². The van der Waals surface area contributed by atoms with Gasteiger partial charge < -0.3 is 15.2 Å². The molecular weight excluding hydrogens is 300 g/mol. The smallest absolute Gasteiger partial charge is 0.323 e. The zero-order chi connectivity index (χ0) is 15.1. The van der Waals surface area contributed by atoms with Crippen molar-refractivity contribution in [3.63, 3.8) is 0 Å². The summed E-state index contributed by atoms with van der Waals surface area (Å²) in [6.07, 6.45) is 6.30. The maximum atomic E-state index is 11.9. The van der Waals surface area contributed by atoms with Crippen LogP contribution in [-0.2, 0) is 9.53 Å². The number of hydrogen-bond acceptors (Lipinski definition) is 6. The Balaban J connectivity index is 3.02. The van der Waals surface area contributed by atoms with Gasteiger partial charge in [-0.3, -0.25) is 9.69 Å². The van der Waals surface area contributed by atoms with E-state index in [2.05, 4.69) is 5.32 Å². The van der Waals surface area contributed by atoms with Crippen LogP contribution in [0, 0.1) is 0 Å². The van der Waals surface area contributed by atoms with E-state index < -0.39 is 6.23 Å². The lowest BCUT2D eigenvalue weighted by molar-refractivity contribution is -0.104. The average molecular weight is 320 g/mol. The number of amides is 2. The molecule has 1 heterocycles. The molecule has 0 aromatic rings. The molecule has 20 heavy (non-hydrogen) atoms. The Kier molecular flexibility index (Phi) is 7.42. The SMILES string of the molecule is CNC(=O)N(/C=C\C=O)[C@@H]1O[C@H](CO)[C@@H](SC)[C@H]1SC. The van der Waals surface area contributed by atoms with Crippen molar-refractivity contribution >= 4 is 35.8 Å². The highest BCUT2D eigenvalue weighted by molar-refractivity contribution is 8.03. The number of rotatable bonds is 6. The molecule has 2 N–H and O–H groups in total. The summed E-state index contributed by atoms with van der Waals surface area (Å²) in [5, 5.41) is 12.0. The van der Waals surface area contributed by atoms with Gasteiger partial charge in [-0.25, -0.2) is 4.79 Å². The van der Waals surface area contributed by atoms with E-state index in [-0.39, 0.29) is 29.2 Å². The lowest BCUT2D eigenvalue weighted by Crippen LogP contribution is -2.46. The number of carbonyl (C=O) groups is 2. The van der Waals surface area contributed by atoms with Gasteiger partial charge in [0, 0.05) is 18.5 Å². The number of nitrogens with zero attached hydrogens (tertiary/aromatic N) is 1. The van der Waals surface area contributed by atoms with Crippen molar-refractivity contribution in [1.29, 1.82) is 0 Å². The number of carbonyl (C=O) groups excluding carboxylic acids is 2. The number of urea groups is 1. The van der Waals surface area contributed by atoms with E-state index in [4.69, 9.17) is 4.74 Å². The molecule has 0 radical (unpaired) electrons. The second-order valence-electron chi connectivity index (χ2n) is 4.09. The van der Waals surface area contributed by atoms with Gasteiger partial charge in [0.05, 0.1) is 18.0 Å². The number of aldehydes is 1. The van der Waals surface area contributed by atoms with Crippen molar-refractivity contribution < 1.29 is 19.4 Å². The topological polar surface area (TPSA) is 78.9 Å². The van der Waals surface area contributed by atoms with Gasteiger partial charge in [-0.15, -0.1) is 0 Å². The zero-order valence-corrected chi connectivity index (χ0v) is 13.3. The molecule has 4 atom stereocenters. The minimum absolute atomic E-state index is 0.00996. The first-order valence-corrected chi connectivity index (χ1v) is 8.66. The fourth-order valence-electron chi connectivity index (χ4n) is 2.14. The fraction of sp³-hybridized carbons (Fsp3) is 0.667. The Morgan fingerprint density at radius 1 is 1.40 bits per heavy atom. The molecule has 1 aliphatic rings.